The van der Waals surface area contributed by atoms with Crippen molar-refractivity contribution in [1.29, 1.82) is 0 Å². The molecule has 0 spiro atoms. The Balaban J connectivity index is 0.000000741. The van der Waals surface area contributed by atoms with Crippen LogP contribution in [-0.4, -0.2) is 17.7 Å². The van der Waals surface area contributed by atoms with Crippen LogP contribution < -0.4 is 0 Å². The molecule has 100 valence electrons. The summed E-state index contributed by atoms with van der Waals surface area (Å²) in [4.78, 5) is 8.17. The van der Waals surface area contributed by atoms with Crippen LogP contribution in [0.15, 0.2) is 70.6 Å². The molecule has 0 radical (unpaired) electrons. The van der Waals surface area contributed by atoms with Gasteiger partial charge in [-0.25, -0.2) is 0 Å². The zero-order valence-corrected chi connectivity index (χ0v) is 14.1. The minimum atomic E-state index is 0.859. The summed E-state index contributed by atoms with van der Waals surface area (Å²) >= 11 is 5.88. The smallest absolute Gasteiger partial charge is 0.100 e. The molecule has 0 aliphatic carbocycles. The van der Waals surface area contributed by atoms with Crippen molar-refractivity contribution >= 4 is 49.2 Å². The zero-order chi connectivity index (χ0) is 14.3. The number of nitrogens with zero attached hydrogens (tertiary/aromatic N) is 2. The van der Waals surface area contributed by atoms with Gasteiger partial charge in [0.2, 0.25) is 0 Å². The van der Waals surface area contributed by atoms with E-state index in [4.69, 9.17) is 0 Å². The second-order valence-electron chi connectivity index (χ2n) is 2.99. The third kappa shape index (κ3) is 8.49. The number of hydrogen-bond acceptors (Lipinski definition) is 2. The highest BCUT2D eigenvalue weighted by molar-refractivity contribution is 9.09. The first kappa shape index (κ1) is 17.8. The molecule has 0 aliphatic rings. The highest BCUT2D eigenvalue weighted by atomic mass is 79.9. The molecule has 0 fully saturated rings. The fourth-order valence-electron chi connectivity index (χ4n) is 1.15. The Bertz CT molecular complexity index is 435. The van der Waals surface area contributed by atoms with Gasteiger partial charge < -0.3 is 0 Å². The topological polar surface area (TPSA) is 24.7 Å². The van der Waals surface area contributed by atoms with Gasteiger partial charge in [-0.3, -0.25) is 0 Å². The summed E-state index contributed by atoms with van der Waals surface area (Å²) in [7, 11) is 0. The highest BCUT2D eigenvalue weighted by Gasteiger charge is 1.83. The standard InChI is InChI=1S/C13H10N2.2CH3Br/c1-3-7-12(8-4-1)14-11-15-13-9-5-2-6-10-13;2*1-2/h1-10H;2*1H3. The van der Waals surface area contributed by atoms with Gasteiger partial charge in [0.15, 0.2) is 0 Å². The molecule has 0 saturated heterocycles. The second kappa shape index (κ2) is 13.2. The molecule has 0 aromatic heterocycles. The molecule has 4 heteroatoms. The van der Waals surface area contributed by atoms with E-state index in [1.54, 1.807) is 0 Å². The molecule has 2 aromatic rings. The summed E-state index contributed by atoms with van der Waals surface area (Å²) in [6.45, 7) is 0. The summed E-state index contributed by atoms with van der Waals surface area (Å²) in [5.74, 6) is 3.62. The molecule has 0 amide bonds. The lowest BCUT2D eigenvalue weighted by Crippen LogP contribution is -1.63. The average molecular weight is 384 g/mol. The van der Waals surface area contributed by atoms with Crippen molar-refractivity contribution in [3.8, 4) is 0 Å². The summed E-state index contributed by atoms with van der Waals surface area (Å²) in [6.07, 6.45) is 0. The molecule has 0 atom stereocenters. The normalized spacial score (nSPS) is 7.79. The van der Waals surface area contributed by atoms with E-state index in [2.05, 4.69) is 47.9 Å². The first-order valence-electron chi connectivity index (χ1n) is 5.47. The number of halogens is 2. The Labute approximate surface area is 131 Å². The van der Waals surface area contributed by atoms with Crippen LogP contribution in [0.5, 0.6) is 0 Å². The van der Waals surface area contributed by atoms with Crippen LogP contribution in [0, 0.1) is 0 Å². The third-order valence-electron chi connectivity index (χ3n) is 1.87. The van der Waals surface area contributed by atoms with Crippen molar-refractivity contribution in [1.82, 2.24) is 0 Å². The molecule has 0 heterocycles. The predicted octanol–water partition coefficient (Wildman–Crippen LogP) is 5.85. The molecular formula is C15H16Br2N2. The van der Waals surface area contributed by atoms with Gasteiger partial charge in [-0.2, -0.15) is 9.98 Å². The maximum Gasteiger partial charge on any atom is 0.100 e. The molecule has 0 bridgehead atoms. The Morgan fingerprint density at radius 2 is 0.947 bits per heavy atom. The van der Waals surface area contributed by atoms with Gasteiger partial charge in [-0.15, -0.1) is 0 Å². The first-order chi connectivity index (χ1) is 9.45. The van der Waals surface area contributed by atoms with Gasteiger partial charge in [0, 0.05) is 0 Å². The molecule has 19 heavy (non-hydrogen) atoms. The molecule has 0 unspecified atom stereocenters. The minimum Gasteiger partial charge on any atom is -0.188 e. The maximum absolute atomic E-state index is 4.08. The molecule has 0 N–H and O–H groups in total. The van der Waals surface area contributed by atoms with Gasteiger partial charge in [0.25, 0.3) is 0 Å². The number of hydrogen-bond donors (Lipinski definition) is 0. The number of benzene rings is 2. The molecular weight excluding hydrogens is 368 g/mol. The van der Waals surface area contributed by atoms with Crippen LogP contribution in [0.1, 0.15) is 0 Å². The van der Waals surface area contributed by atoms with Crippen LogP contribution in [0.3, 0.4) is 0 Å². The SMILES string of the molecule is C(=Nc1ccccc1)=Nc1ccccc1.CBr.CBr. The zero-order valence-electron chi connectivity index (χ0n) is 10.9. The summed E-state index contributed by atoms with van der Waals surface area (Å²) in [6, 6.07) is 21.9. The van der Waals surface area contributed by atoms with Crippen LogP contribution in [-0.2, 0) is 0 Å². The van der Waals surface area contributed by atoms with Gasteiger partial charge in [-0.1, -0.05) is 68.3 Å². The van der Waals surface area contributed by atoms with Crippen molar-refractivity contribution < 1.29 is 0 Å². The van der Waals surface area contributed by atoms with E-state index in [-0.39, 0.29) is 0 Å². The van der Waals surface area contributed by atoms with Crippen molar-refractivity contribution in [2.75, 3.05) is 11.7 Å². The van der Waals surface area contributed by atoms with Crippen molar-refractivity contribution in [3.63, 3.8) is 0 Å². The fourth-order valence-corrected chi connectivity index (χ4v) is 1.15. The van der Waals surface area contributed by atoms with Crippen molar-refractivity contribution in [2.24, 2.45) is 9.98 Å². The lowest BCUT2D eigenvalue weighted by molar-refractivity contribution is 1.49. The minimum absolute atomic E-state index is 0.859. The first-order valence-corrected chi connectivity index (χ1v) is 8.64. The van der Waals surface area contributed by atoms with E-state index in [9.17, 15) is 0 Å². The number of para-hydroxylation sites is 2. The summed E-state index contributed by atoms with van der Waals surface area (Å²) < 4.78 is 0. The van der Waals surface area contributed by atoms with Crippen LogP contribution in [0.2, 0.25) is 0 Å². The van der Waals surface area contributed by atoms with Crippen LogP contribution in [0.4, 0.5) is 11.4 Å². The van der Waals surface area contributed by atoms with E-state index in [1.807, 2.05) is 72.3 Å². The maximum atomic E-state index is 4.08. The third-order valence-corrected chi connectivity index (χ3v) is 1.87. The quantitative estimate of drug-likeness (QED) is 0.459. The molecule has 2 rings (SSSR count). The Hall–Kier alpha value is -1.22. The van der Waals surface area contributed by atoms with E-state index in [1.165, 1.54) is 0 Å². The van der Waals surface area contributed by atoms with E-state index in [0.717, 1.165) is 11.4 Å². The Morgan fingerprint density at radius 3 is 1.26 bits per heavy atom. The second-order valence-corrected chi connectivity index (χ2v) is 2.99. The fraction of sp³-hybridized carbons (Fsp3) is 0.133. The summed E-state index contributed by atoms with van der Waals surface area (Å²) in [5.41, 5.74) is 1.72. The van der Waals surface area contributed by atoms with Gasteiger partial charge in [0.1, 0.15) is 6.01 Å². The van der Waals surface area contributed by atoms with Crippen LogP contribution in [0.25, 0.3) is 0 Å². The lowest BCUT2D eigenvalue weighted by atomic mass is 10.3. The molecule has 2 nitrogen and oxygen atoms in total. The van der Waals surface area contributed by atoms with E-state index >= 15 is 0 Å². The number of aliphatic imine (C=N–C) groups is 2. The van der Waals surface area contributed by atoms with Gasteiger partial charge in [-0.05, 0) is 35.9 Å². The Morgan fingerprint density at radius 1 is 0.632 bits per heavy atom. The average Bonchev–Trinajstić information content (AvgIpc) is 2.53. The van der Waals surface area contributed by atoms with E-state index in [0.29, 0.717) is 0 Å². The monoisotopic (exact) mass is 382 g/mol. The molecule has 0 aliphatic heterocycles. The summed E-state index contributed by atoms with van der Waals surface area (Å²) in [5, 5.41) is 0. The van der Waals surface area contributed by atoms with Crippen molar-refractivity contribution in [3.05, 3.63) is 60.7 Å². The molecule has 2 aromatic carbocycles. The predicted molar refractivity (Wildman–Crippen MR) is 91.8 cm³/mol. The lowest BCUT2D eigenvalue weighted by Gasteiger charge is -1.87. The van der Waals surface area contributed by atoms with E-state index < -0.39 is 0 Å². The largest absolute Gasteiger partial charge is 0.188 e. The van der Waals surface area contributed by atoms with Gasteiger partial charge >= 0.3 is 0 Å². The molecule has 0 saturated carbocycles. The number of alkyl halides is 2. The number of rotatable bonds is 2. The van der Waals surface area contributed by atoms with Gasteiger partial charge in [0.05, 0.1) is 11.4 Å². The van der Waals surface area contributed by atoms with Crippen LogP contribution >= 0.6 is 31.9 Å². The Kier molecular flexibility index (Phi) is 12.4. The van der Waals surface area contributed by atoms with Crippen molar-refractivity contribution in [2.45, 2.75) is 0 Å². The highest BCUT2D eigenvalue weighted by Crippen LogP contribution is 2.10.